The minimum Gasteiger partial charge on any atom is -0.466 e. The smallest absolute Gasteiger partial charge is 0.319 e. The summed E-state index contributed by atoms with van der Waals surface area (Å²) in [6.45, 7) is 5.08. The van der Waals surface area contributed by atoms with Gasteiger partial charge in [-0.25, -0.2) is 4.79 Å². The van der Waals surface area contributed by atoms with E-state index in [1.54, 1.807) is 26.8 Å². The zero-order valence-electron chi connectivity index (χ0n) is 13.6. The van der Waals surface area contributed by atoms with E-state index in [1.165, 1.54) is 24.3 Å². The molecule has 3 N–H and O–H groups in total. The van der Waals surface area contributed by atoms with E-state index in [0.29, 0.717) is 22.8 Å². The minimum absolute atomic E-state index is 0.0222. The summed E-state index contributed by atoms with van der Waals surface area (Å²) in [7, 11) is 0. The summed E-state index contributed by atoms with van der Waals surface area (Å²) in [4.78, 5) is 22.0. The summed E-state index contributed by atoms with van der Waals surface area (Å²) in [6, 6.07) is 6.65. The molecule has 8 nitrogen and oxygen atoms in total. The van der Waals surface area contributed by atoms with E-state index in [1.807, 2.05) is 0 Å². The normalized spacial score (nSPS) is 13.2. The fourth-order valence-electron chi connectivity index (χ4n) is 2.35. The fraction of sp³-hybridized carbons (Fsp3) is 0.312. The summed E-state index contributed by atoms with van der Waals surface area (Å²) in [5.74, 6) is 1.27. The number of nitrogens with zero attached hydrogens (tertiary/aromatic N) is 1. The molecule has 0 aliphatic carbocycles. The number of carbonyl (C=O) groups is 1. The Morgan fingerprint density at radius 3 is 2.46 bits per heavy atom. The molecule has 0 saturated heterocycles. The van der Waals surface area contributed by atoms with E-state index >= 15 is 0 Å². The molecule has 0 saturated carbocycles. The summed E-state index contributed by atoms with van der Waals surface area (Å²) in [6.07, 6.45) is 0. The zero-order valence-corrected chi connectivity index (χ0v) is 13.6. The molecule has 24 heavy (non-hydrogen) atoms. The Bertz CT molecular complexity index is 750. The van der Waals surface area contributed by atoms with E-state index in [0.717, 1.165) is 0 Å². The van der Waals surface area contributed by atoms with Gasteiger partial charge in [0.15, 0.2) is 0 Å². The number of carbonyl (C=O) groups excluding carboxylic acids is 1. The fourth-order valence-corrected chi connectivity index (χ4v) is 2.35. The van der Waals surface area contributed by atoms with Gasteiger partial charge in [-0.3, -0.25) is 10.1 Å². The van der Waals surface area contributed by atoms with Gasteiger partial charge in [-0.05, 0) is 39.0 Å². The van der Waals surface area contributed by atoms with Crippen LogP contribution in [0.25, 0.3) is 0 Å². The van der Waals surface area contributed by atoms with Crippen molar-refractivity contribution in [1.29, 1.82) is 0 Å². The van der Waals surface area contributed by atoms with Crippen LogP contribution in [-0.2, 0) is 5.60 Å². The molecule has 0 fully saturated rings. The van der Waals surface area contributed by atoms with E-state index in [-0.39, 0.29) is 12.2 Å². The van der Waals surface area contributed by atoms with Crippen LogP contribution >= 0.6 is 0 Å². The van der Waals surface area contributed by atoms with Crippen molar-refractivity contribution in [2.45, 2.75) is 26.4 Å². The van der Waals surface area contributed by atoms with Crippen LogP contribution in [0.1, 0.15) is 24.0 Å². The van der Waals surface area contributed by atoms with Crippen molar-refractivity contribution < 1.29 is 19.2 Å². The van der Waals surface area contributed by atoms with E-state index in [4.69, 9.17) is 4.42 Å². The van der Waals surface area contributed by atoms with Crippen molar-refractivity contribution in [2.75, 3.05) is 11.9 Å². The van der Waals surface area contributed by atoms with Gasteiger partial charge >= 0.3 is 6.03 Å². The van der Waals surface area contributed by atoms with Gasteiger partial charge < -0.3 is 20.2 Å². The van der Waals surface area contributed by atoms with Gasteiger partial charge in [0.25, 0.3) is 5.69 Å². The highest BCUT2D eigenvalue weighted by Crippen LogP contribution is 2.26. The molecule has 0 radical (unpaired) electrons. The number of furan rings is 1. The van der Waals surface area contributed by atoms with Crippen LogP contribution in [0.15, 0.2) is 34.7 Å². The highest BCUT2D eigenvalue weighted by molar-refractivity contribution is 5.89. The van der Waals surface area contributed by atoms with E-state index in [9.17, 15) is 20.0 Å². The van der Waals surface area contributed by atoms with Gasteiger partial charge in [0.1, 0.15) is 17.1 Å². The molecule has 1 unspecified atom stereocenters. The summed E-state index contributed by atoms with van der Waals surface area (Å²) < 4.78 is 5.39. The number of aliphatic hydroxyl groups is 1. The first kappa shape index (κ1) is 17.5. The van der Waals surface area contributed by atoms with Crippen molar-refractivity contribution in [2.24, 2.45) is 0 Å². The number of urea groups is 1. The lowest BCUT2D eigenvalue weighted by Gasteiger charge is -2.23. The first-order chi connectivity index (χ1) is 11.2. The van der Waals surface area contributed by atoms with Crippen LogP contribution in [0.2, 0.25) is 0 Å². The lowest BCUT2D eigenvalue weighted by Crippen LogP contribution is -2.40. The topological polar surface area (TPSA) is 118 Å². The number of aryl methyl sites for hydroxylation is 2. The second-order valence-electron chi connectivity index (χ2n) is 5.71. The standard InChI is InChI=1S/C16H19N3O5/c1-10-8-14(11(2)24-10)16(3,21)9-17-15(20)18-12-4-6-13(7-5-12)19(22)23/h4-8,21H,9H2,1-3H3,(H2,17,18,20). The molecule has 2 aromatic rings. The number of hydrogen-bond donors (Lipinski definition) is 3. The van der Waals surface area contributed by atoms with Gasteiger partial charge in [0.2, 0.25) is 0 Å². The monoisotopic (exact) mass is 333 g/mol. The number of rotatable bonds is 5. The summed E-state index contributed by atoms with van der Waals surface area (Å²) in [5, 5.41) is 26.2. The van der Waals surface area contributed by atoms with Crippen LogP contribution in [0, 0.1) is 24.0 Å². The largest absolute Gasteiger partial charge is 0.466 e. The Balaban J connectivity index is 1.95. The Morgan fingerprint density at radius 1 is 1.33 bits per heavy atom. The molecule has 1 atom stereocenters. The molecule has 2 amide bonds. The Kier molecular flexibility index (Phi) is 4.89. The number of nitro groups is 1. The molecule has 1 aromatic heterocycles. The first-order valence-corrected chi connectivity index (χ1v) is 7.28. The second-order valence-corrected chi connectivity index (χ2v) is 5.71. The van der Waals surface area contributed by atoms with Crippen LogP contribution in [-0.4, -0.2) is 22.6 Å². The lowest BCUT2D eigenvalue weighted by atomic mass is 9.96. The SMILES string of the molecule is Cc1cc(C(C)(O)CNC(=O)Nc2ccc([N+](=O)[O-])cc2)c(C)o1. The molecule has 1 aromatic carbocycles. The quantitative estimate of drug-likeness (QED) is 0.574. The average Bonchev–Trinajstić information content (AvgIpc) is 2.85. The molecule has 0 aliphatic heterocycles. The summed E-state index contributed by atoms with van der Waals surface area (Å²) in [5.41, 5.74) is -0.326. The van der Waals surface area contributed by atoms with Crippen molar-refractivity contribution in [3.05, 3.63) is 57.5 Å². The number of benzene rings is 1. The molecule has 0 spiro atoms. The Morgan fingerprint density at radius 2 is 1.96 bits per heavy atom. The maximum atomic E-state index is 11.9. The highest BCUT2D eigenvalue weighted by atomic mass is 16.6. The van der Waals surface area contributed by atoms with Crippen molar-refractivity contribution >= 4 is 17.4 Å². The van der Waals surface area contributed by atoms with Gasteiger partial charge in [-0.2, -0.15) is 0 Å². The van der Waals surface area contributed by atoms with Gasteiger partial charge in [-0.15, -0.1) is 0 Å². The van der Waals surface area contributed by atoms with Gasteiger partial charge in [0.05, 0.1) is 11.5 Å². The molecule has 2 rings (SSSR count). The van der Waals surface area contributed by atoms with Gasteiger partial charge in [-0.1, -0.05) is 0 Å². The maximum Gasteiger partial charge on any atom is 0.319 e. The maximum absolute atomic E-state index is 11.9. The number of amides is 2. The molecular formula is C16H19N3O5. The predicted molar refractivity (Wildman–Crippen MR) is 87.9 cm³/mol. The van der Waals surface area contributed by atoms with Gasteiger partial charge in [0, 0.05) is 23.4 Å². The summed E-state index contributed by atoms with van der Waals surface area (Å²) >= 11 is 0. The third-order valence-electron chi connectivity index (χ3n) is 3.55. The zero-order chi connectivity index (χ0) is 17.9. The third-order valence-corrected chi connectivity index (χ3v) is 3.55. The Hall–Kier alpha value is -2.87. The molecule has 1 heterocycles. The van der Waals surface area contributed by atoms with Crippen LogP contribution < -0.4 is 10.6 Å². The molecule has 0 bridgehead atoms. The molecule has 128 valence electrons. The lowest BCUT2D eigenvalue weighted by molar-refractivity contribution is -0.384. The van der Waals surface area contributed by atoms with Crippen LogP contribution in [0.4, 0.5) is 16.2 Å². The minimum atomic E-state index is -1.28. The molecule has 8 heteroatoms. The number of hydrogen-bond acceptors (Lipinski definition) is 5. The van der Waals surface area contributed by atoms with Crippen LogP contribution in [0.3, 0.4) is 0 Å². The molecule has 0 aliphatic rings. The van der Waals surface area contributed by atoms with E-state index in [2.05, 4.69) is 10.6 Å². The highest BCUT2D eigenvalue weighted by Gasteiger charge is 2.28. The van der Waals surface area contributed by atoms with Crippen LogP contribution in [0.5, 0.6) is 0 Å². The Labute approximate surface area is 138 Å². The van der Waals surface area contributed by atoms with Crippen molar-refractivity contribution in [1.82, 2.24) is 5.32 Å². The molecular weight excluding hydrogens is 314 g/mol. The average molecular weight is 333 g/mol. The van der Waals surface area contributed by atoms with E-state index < -0.39 is 16.6 Å². The second kappa shape index (κ2) is 6.71. The number of nitro benzene ring substituents is 1. The van der Waals surface area contributed by atoms with Crippen molar-refractivity contribution in [3.8, 4) is 0 Å². The number of non-ortho nitro benzene ring substituents is 1. The van der Waals surface area contributed by atoms with Crippen molar-refractivity contribution in [3.63, 3.8) is 0 Å². The predicted octanol–water partition coefficient (Wildman–Crippen LogP) is 2.83. The first-order valence-electron chi connectivity index (χ1n) is 7.28. The number of anilines is 1. The number of nitrogens with one attached hydrogen (secondary N) is 2. The third kappa shape index (κ3) is 4.11.